The second-order valence-electron chi connectivity index (χ2n) is 7.40. The summed E-state index contributed by atoms with van der Waals surface area (Å²) in [5, 5.41) is 8.67. The van der Waals surface area contributed by atoms with Gasteiger partial charge in [-0.3, -0.25) is 4.79 Å². The van der Waals surface area contributed by atoms with E-state index in [9.17, 15) is 4.79 Å². The van der Waals surface area contributed by atoms with E-state index >= 15 is 0 Å². The lowest BCUT2D eigenvalue weighted by Crippen LogP contribution is -2.46. The monoisotopic (exact) mass is 372 g/mol. The summed E-state index contributed by atoms with van der Waals surface area (Å²) >= 11 is 1.64. The quantitative estimate of drug-likeness (QED) is 0.692. The van der Waals surface area contributed by atoms with E-state index in [1.165, 1.54) is 10.4 Å². The van der Waals surface area contributed by atoms with E-state index in [1.807, 2.05) is 0 Å². The van der Waals surface area contributed by atoms with Gasteiger partial charge in [0.1, 0.15) is 11.2 Å². The molecule has 0 aliphatic carbocycles. The number of carbonyl (C=O) groups excluding carboxylic acids is 1. The maximum absolute atomic E-state index is 12.8. The van der Waals surface area contributed by atoms with Crippen LogP contribution in [0, 0.1) is 0 Å². The topological polar surface area (TPSA) is 84.7 Å². The van der Waals surface area contributed by atoms with Gasteiger partial charge in [0.25, 0.3) is 5.91 Å². The van der Waals surface area contributed by atoms with Crippen molar-refractivity contribution in [3.63, 3.8) is 0 Å². The first-order valence-corrected chi connectivity index (χ1v) is 9.63. The number of amides is 1. The summed E-state index contributed by atoms with van der Waals surface area (Å²) in [6.45, 7) is 7.75. The van der Waals surface area contributed by atoms with Crippen molar-refractivity contribution in [1.29, 1.82) is 0 Å². The summed E-state index contributed by atoms with van der Waals surface area (Å²) in [6, 6.07) is 0. The fourth-order valence-corrected chi connectivity index (χ4v) is 4.71. The number of piperazine rings is 1. The van der Waals surface area contributed by atoms with Crippen molar-refractivity contribution in [2.24, 2.45) is 0 Å². The second-order valence-corrected chi connectivity index (χ2v) is 8.48. The molecule has 2 aliphatic rings. The SMILES string of the molecule is CC1(C)Cc2c(sc3ncn4nc(C(=O)N5CCNCC5)nc4c23)CO1. The van der Waals surface area contributed by atoms with Crippen molar-refractivity contribution in [2.45, 2.75) is 32.5 Å². The van der Waals surface area contributed by atoms with Crippen LogP contribution in [-0.4, -0.2) is 62.2 Å². The molecule has 0 atom stereocenters. The molecule has 1 amide bonds. The minimum Gasteiger partial charge on any atom is -0.370 e. The molecule has 3 aromatic heterocycles. The van der Waals surface area contributed by atoms with Gasteiger partial charge in [0.2, 0.25) is 5.82 Å². The number of aromatic nitrogens is 4. The number of fused-ring (bicyclic) bond motifs is 5. The first-order valence-electron chi connectivity index (χ1n) is 8.81. The Morgan fingerprint density at radius 3 is 2.96 bits per heavy atom. The van der Waals surface area contributed by atoms with Crippen LogP contribution in [0.2, 0.25) is 0 Å². The Labute approximate surface area is 154 Å². The molecule has 5 rings (SSSR count). The highest BCUT2D eigenvalue weighted by molar-refractivity contribution is 7.19. The fraction of sp³-hybridized carbons (Fsp3) is 0.529. The molecule has 1 saturated heterocycles. The summed E-state index contributed by atoms with van der Waals surface area (Å²) < 4.78 is 7.56. The van der Waals surface area contributed by atoms with Crippen molar-refractivity contribution in [3.8, 4) is 0 Å². The molecule has 8 nitrogen and oxygen atoms in total. The summed E-state index contributed by atoms with van der Waals surface area (Å²) in [7, 11) is 0. The van der Waals surface area contributed by atoms with E-state index in [0.29, 0.717) is 25.3 Å². The number of nitrogens with zero attached hydrogens (tertiary/aromatic N) is 5. The van der Waals surface area contributed by atoms with Gasteiger partial charge >= 0.3 is 0 Å². The minimum atomic E-state index is -0.215. The van der Waals surface area contributed by atoms with E-state index in [2.05, 4.69) is 34.2 Å². The summed E-state index contributed by atoms with van der Waals surface area (Å²) in [4.78, 5) is 25.8. The highest BCUT2D eigenvalue weighted by atomic mass is 32.1. The predicted molar refractivity (Wildman–Crippen MR) is 97.5 cm³/mol. The van der Waals surface area contributed by atoms with Crippen LogP contribution >= 0.6 is 11.3 Å². The second kappa shape index (κ2) is 5.70. The Balaban J connectivity index is 1.63. The lowest BCUT2D eigenvalue weighted by molar-refractivity contribution is -0.0379. The van der Waals surface area contributed by atoms with Crippen LogP contribution in [0.3, 0.4) is 0 Å². The Morgan fingerprint density at radius 2 is 2.15 bits per heavy atom. The molecule has 3 aromatic rings. The molecule has 0 saturated carbocycles. The normalized spacial score (nSPS) is 19.8. The van der Waals surface area contributed by atoms with Crippen LogP contribution in [-0.2, 0) is 17.8 Å². The van der Waals surface area contributed by atoms with Crippen LogP contribution in [0.25, 0.3) is 15.9 Å². The van der Waals surface area contributed by atoms with E-state index in [-0.39, 0.29) is 17.3 Å². The molecule has 1 N–H and O–H groups in total. The molecule has 0 radical (unpaired) electrons. The van der Waals surface area contributed by atoms with Crippen LogP contribution in [0.4, 0.5) is 0 Å². The minimum absolute atomic E-state index is 0.115. The van der Waals surface area contributed by atoms with Gasteiger partial charge in [-0.1, -0.05) is 0 Å². The predicted octanol–water partition coefficient (Wildman–Crippen LogP) is 1.24. The highest BCUT2D eigenvalue weighted by Crippen LogP contribution is 2.39. The van der Waals surface area contributed by atoms with Gasteiger partial charge in [-0.05, 0) is 19.4 Å². The van der Waals surface area contributed by atoms with Gasteiger partial charge in [0.15, 0.2) is 5.65 Å². The molecule has 0 unspecified atom stereocenters. The Kier molecular flexibility index (Phi) is 3.53. The molecule has 136 valence electrons. The van der Waals surface area contributed by atoms with Crippen molar-refractivity contribution < 1.29 is 9.53 Å². The zero-order chi connectivity index (χ0) is 17.9. The summed E-state index contributed by atoms with van der Waals surface area (Å²) in [5.74, 6) is 0.128. The van der Waals surface area contributed by atoms with Crippen molar-refractivity contribution >= 4 is 33.1 Å². The highest BCUT2D eigenvalue weighted by Gasteiger charge is 2.31. The van der Waals surface area contributed by atoms with Gasteiger partial charge in [0, 0.05) is 37.5 Å². The lowest BCUT2D eigenvalue weighted by Gasteiger charge is -2.30. The standard InChI is InChI=1S/C17H20N6O2S/c1-17(2)7-10-11(8-25-17)26-15-12(10)14-20-13(21-23(14)9-19-15)16(24)22-5-3-18-4-6-22/h9,18H,3-8H2,1-2H3. The molecule has 5 heterocycles. The van der Waals surface area contributed by atoms with Crippen molar-refractivity contribution in [2.75, 3.05) is 26.2 Å². The number of hydrogen-bond acceptors (Lipinski definition) is 7. The molecular weight excluding hydrogens is 352 g/mol. The third kappa shape index (κ3) is 2.50. The van der Waals surface area contributed by atoms with Gasteiger partial charge < -0.3 is 15.0 Å². The van der Waals surface area contributed by atoms with Crippen molar-refractivity contribution in [3.05, 3.63) is 22.6 Å². The number of thiophene rings is 1. The summed E-state index contributed by atoms with van der Waals surface area (Å²) in [5.41, 5.74) is 1.73. The van der Waals surface area contributed by atoms with Crippen LogP contribution in [0.5, 0.6) is 0 Å². The van der Waals surface area contributed by atoms with Crippen molar-refractivity contribution in [1.82, 2.24) is 29.8 Å². The van der Waals surface area contributed by atoms with Gasteiger partial charge in [-0.2, -0.15) is 0 Å². The summed E-state index contributed by atoms with van der Waals surface area (Å²) in [6.07, 6.45) is 2.45. The molecule has 0 aromatic carbocycles. The Hall–Kier alpha value is -2.10. The zero-order valence-corrected chi connectivity index (χ0v) is 15.6. The fourth-order valence-electron chi connectivity index (χ4n) is 3.64. The largest absolute Gasteiger partial charge is 0.370 e. The average molecular weight is 372 g/mol. The van der Waals surface area contributed by atoms with Crippen LogP contribution in [0.1, 0.15) is 34.9 Å². The zero-order valence-electron chi connectivity index (χ0n) is 14.8. The number of nitrogens with one attached hydrogen (secondary N) is 1. The third-order valence-electron chi connectivity index (χ3n) is 5.00. The van der Waals surface area contributed by atoms with E-state index < -0.39 is 0 Å². The van der Waals surface area contributed by atoms with Crippen LogP contribution < -0.4 is 5.32 Å². The number of rotatable bonds is 1. The molecular formula is C17H20N6O2S. The van der Waals surface area contributed by atoms with Crippen LogP contribution in [0.15, 0.2) is 6.33 Å². The number of ether oxygens (including phenoxy) is 1. The number of hydrogen-bond donors (Lipinski definition) is 1. The average Bonchev–Trinajstić information content (AvgIpc) is 3.21. The van der Waals surface area contributed by atoms with Gasteiger partial charge in [-0.15, -0.1) is 16.4 Å². The Bertz CT molecular complexity index is 1020. The first kappa shape index (κ1) is 16.1. The molecule has 9 heteroatoms. The maximum atomic E-state index is 12.8. The molecule has 1 fully saturated rings. The molecule has 0 spiro atoms. The maximum Gasteiger partial charge on any atom is 0.293 e. The lowest BCUT2D eigenvalue weighted by atomic mass is 9.94. The van der Waals surface area contributed by atoms with E-state index in [4.69, 9.17) is 4.74 Å². The van der Waals surface area contributed by atoms with E-state index in [1.54, 1.807) is 27.1 Å². The van der Waals surface area contributed by atoms with Gasteiger partial charge in [-0.25, -0.2) is 14.5 Å². The first-order chi connectivity index (χ1) is 12.5. The van der Waals surface area contributed by atoms with Gasteiger partial charge in [0.05, 0.1) is 17.6 Å². The molecule has 2 aliphatic heterocycles. The molecule has 0 bridgehead atoms. The number of carbonyl (C=O) groups is 1. The Morgan fingerprint density at radius 1 is 1.35 bits per heavy atom. The smallest absolute Gasteiger partial charge is 0.293 e. The third-order valence-corrected chi connectivity index (χ3v) is 6.12. The van der Waals surface area contributed by atoms with E-state index in [0.717, 1.165) is 29.7 Å². The molecule has 26 heavy (non-hydrogen) atoms.